The number of nitrogens with zero attached hydrogens (tertiary/aromatic N) is 5. The van der Waals surface area contributed by atoms with Crippen molar-refractivity contribution in [3.8, 4) is 11.5 Å². The van der Waals surface area contributed by atoms with Crippen LogP contribution in [0.5, 0.6) is 0 Å². The number of amides is 1. The second kappa shape index (κ2) is 10.7. The summed E-state index contributed by atoms with van der Waals surface area (Å²) in [4.78, 5) is 34.7. The monoisotopic (exact) mass is 633 g/mol. The van der Waals surface area contributed by atoms with Crippen LogP contribution in [-0.4, -0.2) is 67.9 Å². The number of aromatic nitrogens is 4. The van der Waals surface area contributed by atoms with Crippen LogP contribution in [0.4, 0.5) is 31.0 Å². The third-order valence-electron chi connectivity index (χ3n) is 8.11. The van der Waals surface area contributed by atoms with E-state index >= 15 is 0 Å². The van der Waals surface area contributed by atoms with Crippen LogP contribution in [0.1, 0.15) is 60.1 Å². The normalized spacial score (nSPS) is 19.0. The van der Waals surface area contributed by atoms with Crippen molar-refractivity contribution in [1.82, 2.24) is 25.1 Å². The number of anilines is 3. The molecule has 3 aliphatic rings. The van der Waals surface area contributed by atoms with Gasteiger partial charge in [-0.25, -0.2) is 23.4 Å². The summed E-state index contributed by atoms with van der Waals surface area (Å²) in [5.41, 5.74) is 0.915. The first-order valence-electron chi connectivity index (χ1n) is 14.6. The van der Waals surface area contributed by atoms with Gasteiger partial charge in [-0.2, -0.15) is 4.98 Å². The number of hydrogen-bond acceptors (Lipinski definition) is 12. The number of benzene rings is 2. The maximum absolute atomic E-state index is 13.3. The van der Waals surface area contributed by atoms with Gasteiger partial charge in [0, 0.05) is 30.3 Å². The minimum absolute atomic E-state index is 0.0153. The lowest BCUT2D eigenvalue weighted by Gasteiger charge is -2.38. The molecule has 4 aromatic rings. The Kier molecular flexibility index (Phi) is 6.88. The van der Waals surface area contributed by atoms with E-state index < -0.39 is 48.3 Å². The molecule has 13 nitrogen and oxygen atoms in total. The molecule has 0 spiro atoms. The van der Waals surface area contributed by atoms with Gasteiger partial charge in [-0.05, 0) is 37.6 Å². The van der Waals surface area contributed by atoms with Gasteiger partial charge in [-0.15, -0.1) is 10.2 Å². The van der Waals surface area contributed by atoms with E-state index in [1.54, 1.807) is 32.0 Å². The number of rotatable bonds is 9. The van der Waals surface area contributed by atoms with E-state index in [0.29, 0.717) is 29.7 Å². The number of likely N-dealkylation sites (tertiary alicyclic amines) is 1. The van der Waals surface area contributed by atoms with E-state index in [9.17, 15) is 23.5 Å². The number of aliphatic hydroxyl groups is 1. The minimum Gasteiger partial charge on any atom is -0.451 e. The van der Waals surface area contributed by atoms with Gasteiger partial charge in [0.1, 0.15) is 11.4 Å². The number of esters is 1. The number of ether oxygens (including phenoxy) is 2. The summed E-state index contributed by atoms with van der Waals surface area (Å²) in [6, 6.07) is 13.9. The summed E-state index contributed by atoms with van der Waals surface area (Å²) in [6.45, 7) is 1.94. The number of fused-ring (bicyclic) bond motifs is 1. The third kappa shape index (κ3) is 5.46. The number of carbonyl (C=O) groups excluding carboxylic acids is 2. The Morgan fingerprint density at radius 2 is 1.87 bits per heavy atom. The van der Waals surface area contributed by atoms with Gasteiger partial charge in [0.15, 0.2) is 5.60 Å². The highest BCUT2D eigenvalue weighted by atomic mass is 19.3. The van der Waals surface area contributed by atoms with Crippen LogP contribution in [0, 0.1) is 0 Å². The van der Waals surface area contributed by atoms with Gasteiger partial charge in [0.2, 0.25) is 5.95 Å². The largest absolute Gasteiger partial charge is 0.451 e. The highest BCUT2D eigenvalue weighted by molar-refractivity contribution is 5.95. The molecule has 0 unspecified atom stereocenters. The summed E-state index contributed by atoms with van der Waals surface area (Å²) in [5.74, 6) is -2.83. The van der Waals surface area contributed by atoms with Crippen molar-refractivity contribution in [3.63, 3.8) is 0 Å². The van der Waals surface area contributed by atoms with Crippen LogP contribution in [-0.2, 0) is 20.7 Å². The summed E-state index contributed by atoms with van der Waals surface area (Å²) in [6.07, 6.45) is 1.38. The Morgan fingerprint density at radius 3 is 2.57 bits per heavy atom. The van der Waals surface area contributed by atoms with Gasteiger partial charge in [-0.1, -0.05) is 30.3 Å². The maximum atomic E-state index is 13.3. The summed E-state index contributed by atoms with van der Waals surface area (Å²) < 4.78 is 43.5. The van der Waals surface area contributed by atoms with Crippen molar-refractivity contribution in [3.05, 3.63) is 77.3 Å². The smallest absolute Gasteiger partial charge is 0.411 e. The molecule has 238 valence electrons. The first-order chi connectivity index (χ1) is 22.0. The van der Waals surface area contributed by atoms with Gasteiger partial charge >= 0.3 is 12.1 Å². The third-order valence-corrected chi connectivity index (χ3v) is 8.11. The lowest BCUT2D eigenvalue weighted by molar-refractivity contribution is -0.125. The zero-order valence-corrected chi connectivity index (χ0v) is 24.8. The fourth-order valence-corrected chi connectivity index (χ4v) is 5.42. The molecule has 46 heavy (non-hydrogen) atoms. The van der Waals surface area contributed by atoms with Crippen LogP contribution in [0.15, 0.2) is 59.1 Å². The molecule has 2 fully saturated rings. The molecule has 1 saturated carbocycles. The molecule has 2 aromatic heterocycles. The van der Waals surface area contributed by atoms with Crippen molar-refractivity contribution in [2.24, 2.45) is 0 Å². The van der Waals surface area contributed by atoms with E-state index in [1.807, 2.05) is 30.3 Å². The molecule has 1 amide bonds. The van der Waals surface area contributed by atoms with Crippen LogP contribution >= 0.6 is 0 Å². The first-order valence-corrected chi connectivity index (χ1v) is 14.6. The molecular weight excluding hydrogens is 604 g/mol. The average molecular weight is 634 g/mol. The zero-order valence-electron chi connectivity index (χ0n) is 24.8. The molecule has 1 aliphatic carbocycles. The van der Waals surface area contributed by atoms with Crippen LogP contribution in [0.2, 0.25) is 0 Å². The van der Waals surface area contributed by atoms with Crippen LogP contribution in [0.3, 0.4) is 0 Å². The molecule has 1 saturated heterocycles. The number of alkyl halides is 2. The molecule has 15 heteroatoms. The molecule has 0 bridgehead atoms. The van der Waals surface area contributed by atoms with Crippen molar-refractivity contribution in [1.29, 1.82) is 0 Å². The number of hydrogen-bond donors (Lipinski definition) is 3. The summed E-state index contributed by atoms with van der Waals surface area (Å²) in [5, 5.41) is 24.9. The Bertz CT molecular complexity index is 1820. The lowest BCUT2D eigenvalue weighted by atomic mass is 9.95. The highest BCUT2D eigenvalue weighted by Crippen LogP contribution is 2.50. The Balaban J connectivity index is 1.18. The Labute approximate surface area is 261 Å². The molecule has 2 aromatic carbocycles. The molecule has 2 aliphatic heterocycles. The average Bonchev–Trinajstić information content (AvgIpc) is 3.54. The minimum atomic E-state index is -2.92. The second-order valence-corrected chi connectivity index (χ2v) is 12.0. The first kappa shape index (κ1) is 29.5. The SMILES string of the molecule is CC1(C)OC(=O)c2ccc(Nc3ncc(-c4nnc(C5(OC(=O)N6CC(F)(F)C6)CC5)o4)c(N[C@H](CO)c4ccccc4)n3)cc21. The van der Waals surface area contributed by atoms with E-state index in [-0.39, 0.29) is 30.2 Å². The number of nitrogens with one attached hydrogen (secondary N) is 2. The number of halogens is 2. The second-order valence-electron chi connectivity index (χ2n) is 12.0. The van der Waals surface area contributed by atoms with E-state index in [1.165, 1.54) is 6.20 Å². The molecule has 4 heterocycles. The van der Waals surface area contributed by atoms with Gasteiger partial charge in [0.25, 0.3) is 17.7 Å². The number of carbonyl (C=O) groups is 2. The standard InChI is InChI=1S/C31H29F2N7O6/c1-29(2)21-12-18(8-9-19(21)25(42)45-29)35-27-34-13-20(23(37-27)36-22(14-41)17-6-4-3-5-7-17)24-38-39-26(44-24)30(10-11-30)46-28(43)40-15-31(32,33)16-40/h3-9,12-13,22,41H,10-11,14-16H2,1-2H3,(H2,34,35,36,37)/t22-/m1/s1. The highest BCUT2D eigenvalue weighted by Gasteiger charge is 2.56. The van der Waals surface area contributed by atoms with Crippen molar-refractivity contribution >= 4 is 29.5 Å². The molecule has 1 atom stereocenters. The molecule has 3 N–H and O–H groups in total. The molecule has 0 radical (unpaired) electrons. The summed E-state index contributed by atoms with van der Waals surface area (Å²) >= 11 is 0. The van der Waals surface area contributed by atoms with Crippen molar-refractivity contribution in [2.75, 3.05) is 30.3 Å². The van der Waals surface area contributed by atoms with Gasteiger partial charge < -0.3 is 29.6 Å². The van der Waals surface area contributed by atoms with Crippen LogP contribution in [0.25, 0.3) is 11.5 Å². The zero-order chi connectivity index (χ0) is 32.3. The van der Waals surface area contributed by atoms with Crippen molar-refractivity contribution in [2.45, 2.75) is 49.9 Å². The van der Waals surface area contributed by atoms with Gasteiger partial charge in [0.05, 0.1) is 36.9 Å². The lowest BCUT2D eigenvalue weighted by Crippen LogP contribution is -2.58. The Hall–Kier alpha value is -5.18. The predicted octanol–water partition coefficient (Wildman–Crippen LogP) is 4.90. The fourth-order valence-electron chi connectivity index (χ4n) is 5.42. The number of cyclic esters (lactones) is 1. The predicted molar refractivity (Wildman–Crippen MR) is 157 cm³/mol. The topological polar surface area (TPSA) is 165 Å². The quantitative estimate of drug-likeness (QED) is 0.214. The molecule has 7 rings (SSSR count). The van der Waals surface area contributed by atoms with Crippen molar-refractivity contribution < 1.29 is 37.4 Å². The van der Waals surface area contributed by atoms with E-state index in [0.717, 1.165) is 16.0 Å². The maximum Gasteiger partial charge on any atom is 0.411 e. The molecular formula is C31H29F2N7O6. The van der Waals surface area contributed by atoms with E-state index in [2.05, 4.69) is 30.8 Å². The van der Waals surface area contributed by atoms with E-state index in [4.69, 9.17) is 13.9 Å². The summed E-state index contributed by atoms with van der Waals surface area (Å²) in [7, 11) is 0. The Morgan fingerprint density at radius 1 is 1.11 bits per heavy atom. The fraction of sp³-hybridized carbons (Fsp3) is 0.355. The van der Waals surface area contributed by atoms with Crippen LogP contribution < -0.4 is 10.6 Å². The number of aliphatic hydroxyl groups excluding tert-OH is 1. The van der Waals surface area contributed by atoms with Gasteiger partial charge in [-0.3, -0.25) is 4.90 Å².